The van der Waals surface area contributed by atoms with Gasteiger partial charge in [-0.25, -0.2) is 0 Å². The number of carbonyl (C=O) groups excluding carboxylic acids is 1. The zero-order valence-corrected chi connectivity index (χ0v) is 13.2. The summed E-state index contributed by atoms with van der Waals surface area (Å²) < 4.78 is 0. The van der Waals surface area contributed by atoms with Crippen molar-refractivity contribution in [3.8, 4) is 0 Å². The van der Waals surface area contributed by atoms with Gasteiger partial charge in [-0.2, -0.15) is 0 Å². The van der Waals surface area contributed by atoms with E-state index in [-0.39, 0.29) is 0 Å². The van der Waals surface area contributed by atoms with E-state index >= 15 is 0 Å². The van der Waals surface area contributed by atoms with Gasteiger partial charge in [0.1, 0.15) is 0 Å². The molecule has 0 bridgehead atoms. The lowest BCUT2D eigenvalue weighted by molar-refractivity contribution is -0.110. The van der Waals surface area contributed by atoms with Crippen LogP contribution in [0.4, 0.5) is 0 Å². The third-order valence-corrected chi connectivity index (χ3v) is 6.59. The first kappa shape index (κ1) is 14.4. The van der Waals surface area contributed by atoms with E-state index in [1.807, 2.05) is 0 Å². The molecule has 1 amide bonds. The molecule has 3 aliphatic rings. The molecule has 0 spiro atoms. The second-order valence-corrected chi connectivity index (χ2v) is 7.96. The van der Waals surface area contributed by atoms with Gasteiger partial charge in [-0.3, -0.25) is 4.79 Å². The van der Waals surface area contributed by atoms with Gasteiger partial charge in [0, 0.05) is 6.04 Å². The van der Waals surface area contributed by atoms with Crippen LogP contribution < -0.4 is 5.32 Å². The molecule has 3 rings (SSSR count). The molecule has 0 aromatic carbocycles. The zero-order valence-electron chi connectivity index (χ0n) is 13.2. The summed E-state index contributed by atoms with van der Waals surface area (Å²) >= 11 is 0. The van der Waals surface area contributed by atoms with Crippen LogP contribution in [-0.4, -0.2) is 12.5 Å². The van der Waals surface area contributed by atoms with E-state index in [0.717, 1.165) is 41.9 Å². The Kier molecular flexibility index (Phi) is 4.37. The minimum atomic E-state index is 0.448. The van der Waals surface area contributed by atoms with Crippen LogP contribution in [0.25, 0.3) is 0 Å². The molecule has 0 aliphatic heterocycles. The molecule has 0 aromatic heterocycles. The van der Waals surface area contributed by atoms with Gasteiger partial charge in [0.25, 0.3) is 0 Å². The summed E-state index contributed by atoms with van der Waals surface area (Å²) in [7, 11) is 0. The van der Waals surface area contributed by atoms with Crippen LogP contribution in [0.3, 0.4) is 0 Å². The first-order valence-electron chi connectivity index (χ1n) is 8.90. The molecule has 114 valence electrons. The van der Waals surface area contributed by atoms with Gasteiger partial charge in [0.15, 0.2) is 0 Å². The van der Waals surface area contributed by atoms with Gasteiger partial charge in [0.05, 0.1) is 0 Å². The number of nitrogens with one attached hydrogen (secondary N) is 1. The maximum Gasteiger partial charge on any atom is 0.207 e. The quantitative estimate of drug-likeness (QED) is 0.759. The smallest absolute Gasteiger partial charge is 0.207 e. The minimum Gasteiger partial charge on any atom is -0.356 e. The highest BCUT2D eigenvalue weighted by Crippen LogP contribution is 2.61. The van der Waals surface area contributed by atoms with Crippen molar-refractivity contribution < 1.29 is 4.79 Å². The fraction of sp³-hybridized carbons (Fsp3) is 0.944. The van der Waals surface area contributed by atoms with Gasteiger partial charge in [-0.05, 0) is 61.2 Å². The van der Waals surface area contributed by atoms with Gasteiger partial charge in [-0.15, -0.1) is 0 Å². The lowest BCUT2D eigenvalue weighted by atomic mass is 9.79. The van der Waals surface area contributed by atoms with Crippen LogP contribution in [0.1, 0.15) is 65.2 Å². The molecule has 3 fully saturated rings. The Hall–Kier alpha value is -0.530. The van der Waals surface area contributed by atoms with Crippen molar-refractivity contribution in [2.24, 2.45) is 35.5 Å². The predicted molar refractivity (Wildman–Crippen MR) is 82.2 cm³/mol. The summed E-state index contributed by atoms with van der Waals surface area (Å²) in [4.78, 5) is 10.7. The molecule has 7 atom stereocenters. The highest BCUT2D eigenvalue weighted by molar-refractivity contribution is 5.46. The highest BCUT2D eigenvalue weighted by atomic mass is 16.1. The monoisotopic (exact) mass is 277 g/mol. The molecule has 20 heavy (non-hydrogen) atoms. The fourth-order valence-electron chi connectivity index (χ4n) is 5.55. The molecule has 6 unspecified atom stereocenters. The molecule has 3 saturated carbocycles. The Labute approximate surface area is 124 Å². The minimum absolute atomic E-state index is 0.448. The zero-order chi connectivity index (χ0) is 14.1. The Morgan fingerprint density at radius 1 is 0.950 bits per heavy atom. The normalized spacial score (nSPS) is 48.6. The van der Waals surface area contributed by atoms with E-state index in [2.05, 4.69) is 19.2 Å². The van der Waals surface area contributed by atoms with Crippen LogP contribution in [0.15, 0.2) is 0 Å². The van der Waals surface area contributed by atoms with Crippen LogP contribution in [0.5, 0.6) is 0 Å². The van der Waals surface area contributed by atoms with Gasteiger partial charge < -0.3 is 5.32 Å². The lowest BCUT2D eigenvalue weighted by Gasteiger charge is -2.27. The summed E-state index contributed by atoms with van der Waals surface area (Å²) in [5, 5.41) is 3.05. The first-order valence-corrected chi connectivity index (χ1v) is 8.90. The molecule has 3 aliphatic carbocycles. The number of rotatable bonds is 2. The van der Waals surface area contributed by atoms with Gasteiger partial charge >= 0.3 is 0 Å². The van der Waals surface area contributed by atoms with Crippen molar-refractivity contribution in [1.82, 2.24) is 5.32 Å². The lowest BCUT2D eigenvalue weighted by Crippen LogP contribution is -2.28. The van der Waals surface area contributed by atoms with Crippen molar-refractivity contribution in [1.29, 1.82) is 0 Å². The van der Waals surface area contributed by atoms with Crippen molar-refractivity contribution in [2.45, 2.75) is 71.3 Å². The van der Waals surface area contributed by atoms with Crippen molar-refractivity contribution in [3.05, 3.63) is 0 Å². The average molecular weight is 277 g/mol. The Bertz CT molecular complexity index is 342. The Balaban J connectivity index is 1.70. The second-order valence-electron chi connectivity index (χ2n) is 7.96. The largest absolute Gasteiger partial charge is 0.356 e. The average Bonchev–Trinajstić information content (AvgIpc) is 3.12. The van der Waals surface area contributed by atoms with Gasteiger partial charge in [0.2, 0.25) is 6.41 Å². The number of hydrogen-bond donors (Lipinski definition) is 1. The van der Waals surface area contributed by atoms with Crippen LogP contribution in [0, 0.1) is 35.5 Å². The van der Waals surface area contributed by atoms with Crippen molar-refractivity contribution >= 4 is 6.41 Å². The molecule has 1 N–H and O–H groups in total. The summed E-state index contributed by atoms with van der Waals surface area (Å²) in [5.41, 5.74) is 0. The molecule has 2 heteroatoms. The van der Waals surface area contributed by atoms with Crippen LogP contribution >= 0.6 is 0 Å². The number of amides is 1. The Morgan fingerprint density at radius 2 is 1.80 bits per heavy atom. The SMILES string of the molecule is CC1CC[C@@H](C)CC2CCCC(NC=O)CCC3C1C23. The van der Waals surface area contributed by atoms with Crippen molar-refractivity contribution in [3.63, 3.8) is 0 Å². The molecule has 0 saturated heterocycles. The molecule has 0 heterocycles. The molecule has 0 aromatic rings. The molecule has 0 radical (unpaired) electrons. The van der Waals surface area contributed by atoms with E-state index in [0.29, 0.717) is 6.04 Å². The topological polar surface area (TPSA) is 29.1 Å². The second kappa shape index (κ2) is 6.07. The molecular formula is C18H31NO. The van der Waals surface area contributed by atoms with E-state index < -0.39 is 0 Å². The van der Waals surface area contributed by atoms with Gasteiger partial charge in [-0.1, -0.05) is 39.5 Å². The third kappa shape index (κ3) is 2.89. The Morgan fingerprint density at radius 3 is 2.60 bits per heavy atom. The summed E-state index contributed by atoms with van der Waals surface area (Å²) in [5.74, 6) is 5.87. The van der Waals surface area contributed by atoms with Crippen molar-refractivity contribution in [2.75, 3.05) is 0 Å². The number of hydrogen-bond acceptors (Lipinski definition) is 1. The standard InChI is InChI=1S/C18H31NO/c1-12-6-7-13(2)17-16-9-8-15(19-11-20)5-3-4-14(10-12)18(16)17/h11-18H,3-10H2,1-2H3,(H,19,20)/t12-,13?,14?,15?,16?,17?,18?/m1/s1. The third-order valence-electron chi connectivity index (χ3n) is 6.59. The molecular weight excluding hydrogens is 246 g/mol. The predicted octanol–water partition coefficient (Wildman–Crippen LogP) is 4.00. The number of carbonyl (C=O) groups is 1. The highest BCUT2D eigenvalue weighted by Gasteiger charge is 2.55. The van der Waals surface area contributed by atoms with E-state index in [9.17, 15) is 4.79 Å². The van der Waals surface area contributed by atoms with E-state index in [4.69, 9.17) is 0 Å². The number of fused-ring (bicyclic) bond motifs is 1. The summed E-state index contributed by atoms with van der Waals surface area (Å²) in [6, 6.07) is 0.448. The van der Waals surface area contributed by atoms with Crippen LogP contribution in [-0.2, 0) is 4.79 Å². The van der Waals surface area contributed by atoms with Crippen LogP contribution in [0.2, 0.25) is 0 Å². The molecule has 2 nitrogen and oxygen atoms in total. The van der Waals surface area contributed by atoms with E-state index in [1.54, 1.807) is 0 Å². The fourth-order valence-corrected chi connectivity index (χ4v) is 5.55. The van der Waals surface area contributed by atoms with E-state index in [1.165, 1.54) is 51.4 Å². The maximum atomic E-state index is 10.7. The summed E-state index contributed by atoms with van der Waals surface area (Å²) in [6.07, 6.45) is 11.8. The first-order chi connectivity index (χ1) is 9.70. The summed E-state index contributed by atoms with van der Waals surface area (Å²) in [6.45, 7) is 4.97. The maximum absolute atomic E-state index is 10.7.